The summed E-state index contributed by atoms with van der Waals surface area (Å²) in [5.74, 6) is 5.07. The molecule has 3 amide bonds. The number of imide groups is 1. The number of benzene rings is 1. The van der Waals surface area contributed by atoms with E-state index in [1.165, 1.54) is 6.07 Å². The van der Waals surface area contributed by atoms with Crippen LogP contribution < -0.4 is 16.0 Å². The highest BCUT2D eigenvalue weighted by Gasteiger charge is 2.29. The van der Waals surface area contributed by atoms with Gasteiger partial charge in [0.1, 0.15) is 12.4 Å². The quantitative estimate of drug-likeness (QED) is 0.462. The number of carbonyl (C=O) groups is 3. The summed E-state index contributed by atoms with van der Waals surface area (Å²) in [4.78, 5) is 35.2. The van der Waals surface area contributed by atoms with Crippen LogP contribution in [0.4, 0.5) is 4.79 Å². The smallest absolute Gasteiger partial charge is 0.288 e. The fourth-order valence-corrected chi connectivity index (χ4v) is 2.41. The van der Waals surface area contributed by atoms with Crippen LogP contribution in [0.1, 0.15) is 10.4 Å². The number of nitrogens with two attached hydrogens (primary N) is 1. The highest BCUT2D eigenvalue weighted by atomic mass is 32.2. The summed E-state index contributed by atoms with van der Waals surface area (Å²) < 4.78 is 5.42. The molecule has 0 bridgehead atoms. The third kappa shape index (κ3) is 3.28. The van der Waals surface area contributed by atoms with Crippen molar-refractivity contribution in [3.05, 3.63) is 29.8 Å². The van der Waals surface area contributed by atoms with Crippen molar-refractivity contribution in [2.24, 2.45) is 5.84 Å². The van der Waals surface area contributed by atoms with Crippen LogP contribution in [0.15, 0.2) is 24.3 Å². The van der Waals surface area contributed by atoms with Crippen LogP contribution in [0.2, 0.25) is 0 Å². The van der Waals surface area contributed by atoms with Crippen LogP contribution in [0, 0.1) is 0 Å². The second-order valence-electron chi connectivity index (χ2n) is 3.95. The number of nitrogens with one attached hydrogen (secondary N) is 1. The van der Waals surface area contributed by atoms with Crippen LogP contribution in [-0.4, -0.2) is 40.9 Å². The van der Waals surface area contributed by atoms with Gasteiger partial charge in [0, 0.05) is 5.56 Å². The van der Waals surface area contributed by atoms with Crippen molar-refractivity contribution in [3.8, 4) is 5.75 Å². The van der Waals surface area contributed by atoms with Gasteiger partial charge < -0.3 is 4.74 Å². The van der Waals surface area contributed by atoms with Crippen molar-refractivity contribution < 1.29 is 19.1 Å². The second-order valence-corrected chi connectivity index (χ2v) is 4.88. The molecule has 0 aliphatic carbocycles. The summed E-state index contributed by atoms with van der Waals surface area (Å²) in [7, 11) is 0. The molecule has 1 aliphatic heterocycles. The molecule has 0 unspecified atom stereocenters. The van der Waals surface area contributed by atoms with Crippen molar-refractivity contribution in [1.29, 1.82) is 0 Å². The topological polar surface area (TPSA) is 102 Å². The molecule has 0 atom stereocenters. The monoisotopic (exact) mass is 295 g/mol. The minimum atomic E-state index is -0.420. The largest absolute Gasteiger partial charge is 0.492 e. The van der Waals surface area contributed by atoms with Gasteiger partial charge in [0.15, 0.2) is 0 Å². The first-order chi connectivity index (χ1) is 9.61. The SMILES string of the molecule is NNC(=O)c1cccc(OCCN2C(=O)CSC2=O)c1. The van der Waals surface area contributed by atoms with Crippen LogP contribution in [0.25, 0.3) is 0 Å². The minimum Gasteiger partial charge on any atom is -0.492 e. The van der Waals surface area contributed by atoms with Crippen LogP contribution in [0.3, 0.4) is 0 Å². The molecule has 7 nitrogen and oxygen atoms in total. The molecule has 1 aliphatic rings. The highest BCUT2D eigenvalue weighted by Crippen LogP contribution is 2.18. The van der Waals surface area contributed by atoms with E-state index < -0.39 is 5.91 Å². The molecule has 0 aromatic heterocycles. The van der Waals surface area contributed by atoms with Crippen molar-refractivity contribution >= 4 is 28.8 Å². The average molecular weight is 295 g/mol. The summed E-state index contributed by atoms with van der Waals surface area (Å²) in [6.45, 7) is 0.365. The van der Waals surface area contributed by atoms with Crippen molar-refractivity contribution in [1.82, 2.24) is 10.3 Å². The van der Waals surface area contributed by atoms with Gasteiger partial charge >= 0.3 is 0 Å². The van der Waals surface area contributed by atoms with Crippen molar-refractivity contribution in [3.63, 3.8) is 0 Å². The molecule has 2 rings (SSSR count). The molecule has 1 saturated heterocycles. The van der Waals surface area contributed by atoms with Gasteiger partial charge in [0.05, 0.1) is 12.3 Å². The Hall–Kier alpha value is -2.06. The Morgan fingerprint density at radius 1 is 1.45 bits per heavy atom. The molecule has 1 heterocycles. The maximum atomic E-state index is 11.4. The number of hydrogen-bond donors (Lipinski definition) is 2. The predicted molar refractivity (Wildman–Crippen MR) is 73.2 cm³/mol. The van der Waals surface area contributed by atoms with Gasteiger partial charge in [0.2, 0.25) is 5.91 Å². The van der Waals surface area contributed by atoms with Gasteiger partial charge in [-0.15, -0.1) is 0 Å². The van der Waals surface area contributed by atoms with E-state index in [1.54, 1.807) is 18.2 Å². The molecule has 0 spiro atoms. The Kier molecular flexibility index (Phi) is 4.59. The number of hydrogen-bond acceptors (Lipinski definition) is 6. The van der Waals surface area contributed by atoms with E-state index in [0.29, 0.717) is 11.3 Å². The summed E-state index contributed by atoms with van der Waals surface area (Å²) in [6.07, 6.45) is 0. The van der Waals surface area contributed by atoms with E-state index in [9.17, 15) is 14.4 Å². The van der Waals surface area contributed by atoms with Gasteiger partial charge in [-0.05, 0) is 18.2 Å². The lowest BCUT2D eigenvalue weighted by Gasteiger charge is -2.13. The third-order valence-electron chi connectivity index (χ3n) is 2.65. The number of rotatable bonds is 5. The molecular weight excluding hydrogens is 282 g/mol. The lowest BCUT2D eigenvalue weighted by atomic mass is 10.2. The second kappa shape index (κ2) is 6.40. The van der Waals surface area contributed by atoms with E-state index in [1.807, 2.05) is 5.43 Å². The lowest BCUT2D eigenvalue weighted by molar-refractivity contribution is -0.124. The summed E-state index contributed by atoms with van der Waals surface area (Å²) in [5.41, 5.74) is 2.40. The minimum absolute atomic E-state index is 0.172. The Balaban J connectivity index is 1.89. The van der Waals surface area contributed by atoms with E-state index in [-0.39, 0.29) is 30.1 Å². The highest BCUT2D eigenvalue weighted by molar-refractivity contribution is 8.14. The Morgan fingerprint density at radius 2 is 2.25 bits per heavy atom. The molecule has 1 aromatic carbocycles. The lowest BCUT2D eigenvalue weighted by Crippen LogP contribution is -2.32. The van der Waals surface area contributed by atoms with E-state index >= 15 is 0 Å². The van der Waals surface area contributed by atoms with Crippen LogP contribution in [-0.2, 0) is 4.79 Å². The van der Waals surface area contributed by atoms with Gasteiger partial charge in [-0.1, -0.05) is 17.8 Å². The van der Waals surface area contributed by atoms with Crippen molar-refractivity contribution in [2.75, 3.05) is 18.9 Å². The molecule has 3 N–H and O–H groups in total. The molecule has 20 heavy (non-hydrogen) atoms. The van der Waals surface area contributed by atoms with Crippen LogP contribution in [0.5, 0.6) is 5.75 Å². The summed E-state index contributed by atoms with van der Waals surface area (Å²) in [6, 6.07) is 6.46. The maximum Gasteiger partial charge on any atom is 0.288 e. The number of ether oxygens (including phenoxy) is 1. The zero-order chi connectivity index (χ0) is 14.5. The maximum absolute atomic E-state index is 11.4. The normalized spacial score (nSPS) is 14.6. The standard InChI is InChI=1S/C12H13N3O4S/c13-14-11(17)8-2-1-3-9(6-8)19-5-4-15-10(16)7-20-12(15)18/h1-3,6H,4-5,7,13H2,(H,14,17). The van der Waals surface area contributed by atoms with Crippen molar-refractivity contribution in [2.45, 2.75) is 0 Å². The first-order valence-corrected chi connectivity index (χ1v) is 6.81. The molecule has 1 aromatic rings. The Bertz CT molecular complexity index is 533. The number of nitrogens with zero attached hydrogens (tertiary/aromatic N) is 1. The molecule has 0 radical (unpaired) electrons. The van der Waals surface area contributed by atoms with E-state index in [0.717, 1.165) is 16.7 Å². The van der Waals surface area contributed by atoms with Gasteiger partial charge in [0.25, 0.3) is 11.1 Å². The Morgan fingerprint density at radius 3 is 2.90 bits per heavy atom. The molecular formula is C12H13N3O4S. The average Bonchev–Trinajstić information content (AvgIpc) is 2.78. The fourth-order valence-electron chi connectivity index (χ4n) is 1.66. The number of carbonyl (C=O) groups excluding carboxylic acids is 3. The Labute approximate surface area is 119 Å². The summed E-state index contributed by atoms with van der Waals surface area (Å²) in [5, 5.41) is -0.255. The zero-order valence-corrected chi connectivity index (χ0v) is 11.3. The first-order valence-electron chi connectivity index (χ1n) is 5.83. The number of thioether (sulfide) groups is 1. The van der Waals surface area contributed by atoms with E-state index in [2.05, 4.69) is 0 Å². The van der Waals surface area contributed by atoms with Gasteiger partial charge in [-0.2, -0.15) is 0 Å². The molecule has 106 valence electrons. The molecule has 1 fully saturated rings. The van der Waals surface area contributed by atoms with Gasteiger partial charge in [-0.3, -0.25) is 24.7 Å². The molecule has 8 heteroatoms. The fraction of sp³-hybridized carbons (Fsp3) is 0.250. The zero-order valence-electron chi connectivity index (χ0n) is 10.5. The summed E-state index contributed by atoms with van der Waals surface area (Å²) >= 11 is 0.984. The first kappa shape index (κ1) is 14.4. The predicted octanol–water partition coefficient (Wildman–Crippen LogP) is 0.364. The number of nitrogen functional groups attached to an aromatic ring is 1. The third-order valence-corrected chi connectivity index (χ3v) is 3.51. The van der Waals surface area contributed by atoms with Crippen LogP contribution >= 0.6 is 11.8 Å². The van der Waals surface area contributed by atoms with E-state index in [4.69, 9.17) is 10.6 Å². The molecule has 0 saturated carbocycles. The number of hydrazine groups is 1. The number of amides is 3. The van der Waals surface area contributed by atoms with Gasteiger partial charge in [-0.25, -0.2) is 5.84 Å².